The van der Waals surface area contributed by atoms with Crippen LogP contribution in [0.1, 0.15) is 36.5 Å². The number of rotatable bonds is 2. The minimum atomic E-state index is 0.123. The van der Waals surface area contributed by atoms with Crippen LogP contribution in [0.15, 0.2) is 22.7 Å². The van der Waals surface area contributed by atoms with Crippen molar-refractivity contribution in [2.75, 3.05) is 18.1 Å². The summed E-state index contributed by atoms with van der Waals surface area (Å²) in [5.74, 6) is 0.123. The number of Topliss-reactive ketones (excluding diaryl/α,β-unsaturated/α-hetero) is 1. The molecule has 3 nitrogen and oxygen atoms in total. The Kier molecular flexibility index (Phi) is 3.63. The quantitative estimate of drug-likeness (QED) is 0.781. The molecule has 2 unspecified atom stereocenters. The molecule has 1 aliphatic heterocycles. The normalized spacial score (nSPS) is 26.3. The average Bonchev–Trinajstić information content (AvgIpc) is 2.86. The lowest BCUT2D eigenvalue weighted by Gasteiger charge is -2.40. The highest BCUT2D eigenvalue weighted by atomic mass is 79.9. The summed E-state index contributed by atoms with van der Waals surface area (Å²) >= 11 is 3.45. The second kappa shape index (κ2) is 5.25. The summed E-state index contributed by atoms with van der Waals surface area (Å²) < 4.78 is 6.80. The van der Waals surface area contributed by atoms with Crippen LogP contribution in [-0.4, -0.2) is 31.1 Å². The Morgan fingerprint density at radius 2 is 2.26 bits per heavy atom. The van der Waals surface area contributed by atoms with E-state index in [1.54, 1.807) is 6.92 Å². The van der Waals surface area contributed by atoms with Crippen LogP contribution in [0.4, 0.5) is 5.69 Å². The van der Waals surface area contributed by atoms with Gasteiger partial charge in [0.05, 0.1) is 18.8 Å². The van der Waals surface area contributed by atoms with Gasteiger partial charge in [-0.1, -0.05) is 15.9 Å². The number of benzene rings is 1. The third-order valence-corrected chi connectivity index (χ3v) is 4.62. The zero-order chi connectivity index (χ0) is 13.4. The van der Waals surface area contributed by atoms with Gasteiger partial charge in [-0.3, -0.25) is 4.79 Å². The molecule has 1 saturated carbocycles. The van der Waals surface area contributed by atoms with E-state index in [9.17, 15) is 4.79 Å². The average molecular weight is 324 g/mol. The van der Waals surface area contributed by atoms with E-state index in [0.717, 1.165) is 41.7 Å². The van der Waals surface area contributed by atoms with Crippen LogP contribution in [0.25, 0.3) is 0 Å². The summed E-state index contributed by atoms with van der Waals surface area (Å²) in [5, 5.41) is 0. The van der Waals surface area contributed by atoms with Crippen LogP contribution in [0, 0.1) is 0 Å². The maximum absolute atomic E-state index is 11.9. The molecule has 1 aliphatic carbocycles. The molecule has 2 atom stereocenters. The van der Waals surface area contributed by atoms with Crippen LogP contribution in [0.2, 0.25) is 0 Å². The van der Waals surface area contributed by atoms with E-state index in [1.807, 2.05) is 12.1 Å². The Labute approximate surface area is 122 Å². The molecule has 4 heteroatoms. The monoisotopic (exact) mass is 323 g/mol. The molecule has 102 valence electrons. The van der Waals surface area contributed by atoms with Gasteiger partial charge in [-0.2, -0.15) is 0 Å². The van der Waals surface area contributed by atoms with Gasteiger partial charge in [0.15, 0.2) is 5.78 Å². The first-order valence-electron chi connectivity index (χ1n) is 6.85. The SMILES string of the molecule is CC(=O)c1cc(Br)ccc1N1CCOC2CCCC21. The van der Waals surface area contributed by atoms with Crippen LogP contribution in [0.5, 0.6) is 0 Å². The standard InChI is InChI=1S/C15H18BrNO2/c1-10(18)12-9-11(16)5-6-13(12)17-7-8-19-15-4-2-3-14(15)17/h5-6,9,14-15H,2-4,7-8H2,1H3. The van der Waals surface area contributed by atoms with Crippen molar-refractivity contribution in [1.29, 1.82) is 0 Å². The van der Waals surface area contributed by atoms with Crippen LogP contribution < -0.4 is 4.90 Å². The highest BCUT2D eigenvalue weighted by Gasteiger charge is 2.37. The summed E-state index contributed by atoms with van der Waals surface area (Å²) in [7, 11) is 0. The van der Waals surface area contributed by atoms with Gasteiger partial charge in [0, 0.05) is 22.3 Å². The van der Waals surface area contributed by atoms with Crippen molar-refractivity contribution in [3.63, 3.8) is 0 Å². The van der Waals surface area contributed by atoms with E-state index in [4.69, 9.17) is 4.74 Å². The Bertz CT molecular complexity index is 503. The molecule has 2 fully saturated rings. The molecule has 2 aliphatic rings. The van der Waals surface area contributed by atoms with E-state index in [0.29, 0.717) is 12.1 Å². The first-order valence-corrected chi connectivity index (χ1v) is 7.65. The van der Waals surface area contributed by atoms with Gasteiger partial charge in [-0.25, -0.2) is 0 Å². The van der Waals surface area contributed by atoms with Crippen molar-refractivity contribution in [1.82, 2.24) is 0 Å². The maximum atomic E-state index is 11.9. The summed E-state index contributed by atoms with van der Waals surface area (Å²) in [6, 6.07) is 6.44. The zero-order valence-corrected chi connectivity index (χ0v) is 12.6. The molecular formula is C15H18BrNO2. The van der Waals surface area contributed by atoms with Gasteiger partial charge in [0.1, 0.15) is 0 Å². The molecule has 0 spiro atoms. The minimum Gasteiger partial charge on any atom is -0.374 e. The fourth-order valence-corrected chi connectivity index (χ4v) is 3.63. The number of anilines is 1. The van der Waals surface area contributed by atoms with Crippen molar-refractivity contribution in [2.24, 2.45) is 0 Å². The van der Waals surface area contributed by atoms with Crippen molar-refractivity contribution in [2.45, 2.75) is 38.3 Å². The smallest absolute Gasteiger partial charge is 0.161 e. The fourth-order valence-electron chi connectivity index (χ4n) is 3.27. The van der Waals surface area contributed by atoms with Gasteiger partial charge < -0.3 is 9.64 Å². The predicted molar refractivity (Wildman–Crippen MR) is 78.9 cm³/mol. The minimum absolute atomic E-state index is 0.123. The summed E-state index contributed by atoms with van der Waals surface area (Å²) in [4.78, 5) is 14.3. The van der Waals surface area contributed by atoms with Gasteiger partial charge in [0.2, 0.25) is 0 Å². The number of ketones is 1. The first kappa shape index (κ1) is 13.1. The lowest BCUT2D eigenvalue weighted by Crippen LogP contribution is -2.49. The number of hydrogen-bond acceptors (Lipinski definition) is 3. The van der Waals surface area contributed by atoms with Gasteiger partial charge in [-0.05, 0) is 44.4 Å². The molecule has 0 amide bonds. The van der Waals surface area contributed by atoms with Crippen molar-refractivity contribution in [3.05, 3.63) is 28.2 Å². The molecule has 3 rings (SSSR count). The Balaban J connectivity index is 1.98. The molecule has 19 heavy (non-hydrogen) atoms. The van der Waals surface area contributed by atoms with E-state index in [1.165, 1.54) is 6.42 Å². The molecule has 0 bridgehead atoms. The summed E-state index contributed by atoms with van der Waals surface area (Å²) in [6.45, 7) is 3.27. The second-order valence-electron chi connectivity index (χ2n) is 5.32. The largest absolute Gasteiger partial charge is 0.374 e. The topological polar surface area (TPSA) is 29.5 Å². The number of halogens is 1. The number of nitrogens with zero attached hydrogens (tertiary/aromatic N) is 1. The zero-order valence-electron chi connectivity index (χ0n) is 11.1. The Morgan fingerprint density at radius 1 is 1.42 bits per heavy atom. The molecule has 0 aromatic heterocycles. The predicted octanol–water partition coefficient (Wildman–Crippen LogP) is 3.41. The highest BCUT2D eigenvalue weighted by molar-refractivity contribution is 9.10. The van der Waals surface area contributed by atoms with Gasteiger partial charge in [0.25, 0.3) is 0 Å². The van der Waals surface area contributed by atoms with E-state index >= 15 is 0 Å². The fraction of sp³-hybridized carbons (Fsp3) is 0.533. The Hall–Kier alpha value is -0.870. The molecule has 0 radical (unpaired) electrons. The number of morpholine rings is 1. The highest BCUT2D eigenvalue weighted by Crippen LogP contribution is 2.35. The lowest BCUT2D eigenvalue weighted by molar-refractivity contribution is 0.0255. The number of carbonyl (C=O) groups is 1. The number of hydrogen-bond donors (Lipinski definition) is 0. The Morgan fingerprint density at radius 3 is 3.05 bits per heavy atom. The lowest BCUT2D eigenvalue weighted by atomic mass is 10.0. The van der Waals surface area contributed by atoms with Gasteiger partial charge >= 0.3 is 0 Å². The van der Waals surface area contributed by atoms with E-state index < -0.39 is 0 Å². The first-order chi connectivity index (χ1) is 9.16. The second-order valence-corrected chi connectivity index (χ2v) is 6.23. The number of carbonyl (C=O) groups excluding carboxylic acids is 1. The third-order valence-electron chi connectivity index (χ3n) is 4.13. The van der Waals surface area contributed by atoms with Crippen LogP contribution >= 0.6 is 15.9 Å². The summed E-state index contributed by atoms with van der Waals surface area (Å²) in [5.41, 5.74) is 1.87. The molecular weight excluding hydrogens is 306 g/mol. The molecule has 0 N–H and O–H groups in total. The molecule has 1 heterocycles. The van der Waals surface area contributed by atoms with Crippen molar-refractivity contribution < 1.29 is 9.53 Å². The van der Waals surface area contributed by atoms with Crippen LogP contribution in [0.3, 0.4) is 0 Å². The maximum Gasteiger partial charge on any atom is 0.161 e. The van der Waals surface area contributed by atoms with Crippen LogP contribution in [-0.2, 0) is 4.74 Å². The van der Waals surface area contributed by atoms with Crippen molar-refractivity contribution in [3.8, 4) is 0 Å². The molecule has 1 saturated heterocycles. The van der Waals surface area contributed by atoms with E-state index in [-0.39, 0.29) is 5.78 Å². The number of fused-ring (bicyclic) bond motifs is 1. The van der Waals surface area contributed by atoms with Crippen molar-refractivity contribution >= 4 is 27.4 Å². The van der Waals surface area contributed by atoms with Gasteiger partial charge in [-0.15, -0.1) is 0 Å². The molecule has 1 aromatic carbocycles. The van der Waals surface area contributed by atoms with E-state index in [2.05, 4.69) is 26.9 Å². The number of ether oxygens (including phenoxy) is 1. The molecule has 1 aromatic rings. The summed E-state index contributed by atoms with van der Waals surface area (Å²) in [6.07, 6.45) is 3.88. The third kappa shape index (κ3) is 2.43.